The Labute approximate surface area is 105 Å². The Bertz CT molecular complexity index is 719. The number of halogens is 1. The summed E-state index contributed by atoms with van der Waals surface area (Å²) in [4.78, 5) is 0. The Morgan fingerprint density at radius 3 is 2.33 bits per heavy atom. The van der Waals surface area contributed by atoms with Crippen LogP contribution in [0.4, 0.5) is 10.1 Å². The van der Waals surface area contributed by atoms with Crippen LogP contribution in [0.2, 0.25) is 0 Å². The summed E-state index contributed by atoms with van der Waals surface area (Å²) in [7, 11) is 0. The largest absolute Gasteiger partial charge is 0.398 e. The van der Waals surface area contributed by atoms with Crippen molar-refractivity contribution in [2.45, 2.75) is 0 Å². The summed E-state index contributed by atoms with van der Waals surface area (Å²) in [6, 6.07) is 18.3. The van der Waals surface area contributed by atoms with Crippen molar-refractivity contribution < 1.29 is 4.39 Å². The van der Waals surface area contributed by atoms with Crippen molar-refractivity contribution in [2.24, 2.45) is 0 Å². The average molecular weight is 237 g/mol. The second kappa shape index (κ2) is 4.15. The van der Waals surface area contributed by atoms with Gasteiger partial charge in [0.1, 0.15) is 5.82 Å². The molecule has 0 aliphatic heterocycles. The maximum absolute atomic E-state index is 13.3. The molecule has 0 saturated carbocycles. The quantitative estimate of drug-likeness (QED) is 0.630. The molecule has 0 radical (unpaired) electrons. The third kappa shape index (κ3) is 1.72. The van der Waals surface area contributed by atoms with E-state index in [0.717, 1.165) is 27.6 Å². The predicted molar refractivity (Wildman–Crippen MR) is 73.8 cm³/mol. The van der Waals surface area contributed by atoms with Crippen molar-refractivity contribution in [3.63, 3.8) is 0 Å². The van der Waals surface area contributed by atoms with E-state index >= 15 is 0 Å². The van der Waals surface area contributed by atoms with Crippen LogP contribution in [0, 0.1) is 5.82 Å². The molecule has 0 fully saturated rings. The molecule has 0 amide bonds. The molecule has 0 unspecified atom stereocenters. The van der Waals surface area contributed by atoms with Gasteiger partial charge >= 0.3 is 0 Å². The molecule has 3 aromatic carbocycles. The molecule has 0 aliphatic rings. The van der Waals surface area contributed by atoms with Gasteiger partial charge in [-0.3, -0.25) is 0 Å². The van der Waals surface area contributed by atoms with Gasteiger partial charge in [-0.25, -0.2) is 4.39 Å². The molecule has 0 atom stereocenters. The Balaban J connectivity index is 2.33. The molecule has 2 heteroatoms. The molecule has 18 heavy (non-hydrogen) atoms. The molecular weight excluding hydrogens is 225 g/mol. The summed E-state index contributed by atoms with van der Waals surface area (Å²) in [5.74, 6) is -0.228. The minimum atomic E-state index is -0.228. The number of rotatable bonds is 1. The van der Waals surface area contributed by atoms with Gasteiger partial charge in [0.05, 0.1) is 0 Å². The average Bonchev–Trinajstić information content (AvgIpc) is 2.39. The lowest BCUT2D eigenvalue weighted by Crippen LogP contribution is -1.89. The molecule has 3 aromatic rings. The number of fused-ring (bicyclic) bond motifs is 1. The highest BCUT2D eigenvalue weighted by atomic mass is 19.1. The Morgan fingerprint density at radius 2 is 1.56 bits per heavy atom. The fourth-order valence-corrected chi connectivity index (χ4v) is 2.23. The first-order valence-electron chi connectivity index (χ1n) is 5.79. The van der Waals surface area contributed by atoms with Gasteiger partial charge in [-0.05, 0) is 34.7 Å². The van der Waals surface area contributed by atoms with Gasteiger partial charge in [0.15, 0.2) is 0 Å². The number of hydrogen-bond acceptors (Lipinski definition) is 1. The van der Waals surface area contributed by atoms with Crippen LogP contribution >= 0.6 is 0 Å². The SMILES string of the molecule is Nc1ccc(-c2cccc(F)c2)c2ccccc12. The molecule has 3 rings (SSSR count). The van der Waals surface area contributed by atoms with Gasteiger partial charge in [-0.15, -0.1) is 0 Å². The lowest BCUT2D eigenvalue weighted by atomic mass is 9.97. The van der Waals surface area contributed by atoms with E-state index in [2.05, 4.69) is 0 Å². The van der Waals surface area contributed by atoms with Crippen LogP contribution in [0.3, 0.4) is 0 Å². The molecule has 0 heterocycles. The Morgan fingerprint density at radius 1 is 0.778 bits per heavy atom. The van der Waals surface area contributed by atoms with E-state index < -0.39 is 0 Å². The molecular formula is C16H12FN. The summed E-state index contributed by atoms with van der Waals surface area (Å²) < 4.78 is 13.3. The minimum absolute atomic E-state index is 0.228. The van der Waals surface area contributed by atoms with Crippen LogP contribution in [0.5, 0.6) is 0 Å². The lowest BCUT2D eigenvalue weighted by molar-refractivity contribution is 0.628. The summed E-state index contributed by atoms with van der Waals surface area (Å²) in [5.41, 5.74) is 8.57. The number of nitrogen functional groups attached to an aromatic ring is 1. The van der Waals surface area contributed by atoms with Crippen molar-refractivity contribution in [3.8, 4) is 11.1 Å². The summed E-state index contributed by atoms with van der Waals surface area (Å²) in [6.07, 6.45) is 0. The number of hydrogen-bond donors (Lipinski definition) is 1. The zero-order valence-electron chi connectivity index (χ0n) is 9.73. The molecule has 1 nitrogen and oxygen atoms in total. The number of nitrogens with two attached hydrogens (primary N) is 1. The van der Waals surface area contributed by atoms with Crippen molar-refractivity contribution in [1.29, 1.82) is 0 Å². The number of benzene rings is 3. The summed E-state index contributed by atoms with van der Waals surface area (Å²) >= 11 is 0. The van der Waals surface area contributed by atoms with Gasteiger partial charge in [0.25, 0.3) is 0 Å². The van der Waals surface area contributed by atoms with Gasteiger partial charge < -0.3 is 5.73 Å². The van der Waals surface area contributed by atoms with Crippen LogP contribution in [0.15, 0.2) is 60.7 Å². The van der Waals surface area contributed by atoms with Crippen molar-refractivity contribution in [2.75, 3.05) is 5.73 Å². The highest BCUT2D eigenvalue weighted by Gasteiger charge is 2.06. The molecule has 0 aromatic heterocycles. The second-order valence-corrected chi connectivity index (χ2v) is 4.26. The van der Waals surface area contributed by atoms with E-state index in [1.165, 1.54) is 12.1 Å². The first-order chi connectivity index (χ1) is 8.75. The van der Waals surface area contributed by atoms with Crippen LogP contribution < -0.4 is 5.73 Å². The van der Waals surface area contributed by atoms with Gasteiger partial charge in [-0.2, -0.15) is 0 Å². The molecule has 88 valence electrons. The van der Waals surface area contributed by atoms with Gasteiger partial charge in [0.2, 0.25) is 0 Å². The normalized spacial score (nSPS) is 10.7. The fourth-order valence-electron chi connectivity index (χ4n) is 2.23. The highest BCUT2D eigenvalue weighted by molar-refractivity contribution is 6.02. The minimum Gasteiger partial charge on any atom is -0.398 e. The van der Waals surface area contributed by atoms with Gasteiger partial charge in [0, 0.05) is 11.1 Å². The van der Waals surface area contributed by atoms with E-state index in [4.69, 9.17) is 5.73 Å². The summed E-state index contributed by atoms with van der Waals surface area (Å²) in [6.45, 7) is 0. The van der Waals surface area contributed by atoms with Crippen molar-refractivity contribution >= 4 is 16.5 Å². The van der Waals surface area contributed by atoms with E-state index in [1.807, 2.05) is 42.5 Å². The van der Waals surface area contributed by atoms with Crippen LogP contribution in [-0.2, 0) is 0 Å². The smallest absolute Gasteiger partial charge is 0.123 e. The van der Waals surface area contributed by atoms with E-state index in [9.17, 15) is 4.39 Å². The standard InChI is InChI=1S/C16H12FN/c17-12-5-3-4-11(10-12)13-8-9-16(18)15-7-2-1-6-14(13)15/h1-10H,18H2. The Kier molecular flexibility index (Phi) is 2.49. The zero-order chi connectivity index (χ0) is 12.5. The number of anilines is 1. The van der Waals surface area contributed by atoms with Crippen molar-refractivity contribution in [3.05, 3.63) is 66.5 Å². The van der Waals surface area contributed by atoms with E-state index in [-0.39, 0.29) is 5.82 Å². The fraction of sp³-hybridized carbons (Fsp3) is 0. The third-order valence-electron chi connectivity index (χ3n) is 3.09. The first kappa shape index (κ1) is 10.8. The van der Waals surface area contributed by atoms with Crippen LogP contribution in [0.1, 0.15) is 0 Å². The van der Waals surface area contributed by atoms with E-state index in [1.54, 1.807) is 6.07 Å². The third-order valence-corrected chi connectivity index (χ3v) is 3.09. The second-order valence-electron chi connectivity index (χ2n) is 4.26. The monoisotopic (exact) mass is 237 g/mol. The maximum Gasteiger partial charge on any atom is 0.123 e. The van der Waals surface area contributed by atoms with Crippen molar-refractivity contribution in [1.82, 2.24) is 0 Å². The Hall–Kier alpha value is -2.35. The zero-order valence-corrected chi connectivity index (χ0v) is 9.73. The predicted octanol–water partition coefficient (Wildman–Crippen LogP) is 4.23. The highest BCUT2D eigenvalue weighted by Crippen LogP contribution is 2.32. The lowest BCUT2D eigenvalue weighted by Gasteiger charge is -2.09. The van der Waals surface area contributed by atoms with Gasteiger partial charge in [-0.1, -0.05) is 42.5 Å². The molecule has 0 bridgehead atoms. The van der Waals surface area contributed by atoms with E-state index in [0.29, 0.717) is 0 Å². The molecule has 0 aliphatic carbocycles. The topological polar surface area (TPSA) is 26.0 Å². The first-order valence-corrected chi connectivity index (χ1v) is 5.79. The van der Waals surface area contributed by atoms with Crippen LogP contribution in [-0.4, -0.2) is 0 Å². The summed E-state index contributed by atoms with van der Waals surface area (Å²) in [5, 5.41) is 2.04. The molecule has 2 N–H and O–H groups in total. The molecule has 0 saturated heterocycles. The maximum atomic E-state index is 13.3. The van der Waals surface area contributed by atoms with Crippen LogP contribution in [0.25, 0.3) is 21.9 Å². The molecule has 0 spiro atoms.